The van der Waals surface area contributed by atoms with Crippen LogP contribution in [0.4, 0.5) is 0 Å². The van der Waals surface area contributed by atoms with Gasteiger partial charge in [0.25, 0.3) is 5.91 Å². The molecule has 1 aromatic carbocycles. The van der Waals surface area contributed by atoms with Crippen LogP contribution in [0.3, 0.4) is 0 Å². The Morgan fingerprint density at radius 3 is 2.65 bits per heavy atom. The van der Waals surface area contributed by atoms with Crippen LogP contribution in [0.15, 0.2) is 67.4 Å². The van der Waals surface area contributed by atoms with Crippen LogP contribution < -0.4 is 5.73 Å². The predicted octanol–water partition coefficient (Wildman–Crippen LogP) is 2.29. The van der Waals surface area contributed by atoms with Gasteiger partial charge in [-0.25, -0.2) is 9.50 Å². The van der Waals surface area contributed by atoms with E-state index >= 15 is 0 Å². The van der Waals surface area contributed by atoms with Crippen molar-refractivity contribution in [3.05, 3.63) is 72.9 Å². The minimum atomic E-state index is -0.469. The van der Waals surface area contributed by atoms with Gasteiger partial charge in [0.05, 0.1) is 5.56 Å². The first-order valence-electron chi connectivity index (χ1n) is 7.10. The van der Waals surface area contributed by atoms with Crippen LogP contribution in [0.1, 0.15) is 10.4 Å². The minimum absolute atomic E-state index is 0.458. The Hall–Kier alpha value is -3.41. The summed E-state index contributed by atoms with van der Waals surface area (Å²) in [4.78, 5) is 16.2. The van der Waals surface area contributed by atoms with Crippen LogP contribution in [-0.4, -0.2) is 25.1 Å². The van der Waals surface area contributed by atoms with E-state index in [-0.39, 0.29) is 0 Å². The molecule has 0 spiro atoms. The summed E-state index contributed by atoms with van der Waals surface area (Å²) in [7, 11) is 0. The summed E-state index contributed by atoms with van der Waals surface area (Å²) in [5, 5.41) is 4.15. The Kier molecular flexibility index (Phi) is 2.94. The molecular weight excluding hydrogens is 290 g/mol. The summed E-state index contributed by atoms with van der Waals surface area (Å²) in [5.41, 5.74) is 8.56. The molecule has 2 N–H and O–H groups in total. The zero-order valence-corrected chi connectivity index (χ0v) is 12.1. The van der Waals surface area contributed by atoms with Crippen LogP contribution in [-0.2, 0) is 0 Å². The van der Waals surface area contributed by atoms with E-state index in [4.69, 9.17) is 5.73 Å². The highest BCUT2D eigenvalue weighted by Crippen LogP contribution is 2.26. The summed E-state index contributed by atoms with van der Waals surface area (Å²) >= 11 is 0. The largest absolute Gasteiger partial charge is 0.366 e. The summed E-state index contributed by atoms with van der Waals surface area (Å²) in [6, 6.07) is 13.5. The predicted molar refractivity (Wildman–Crippen MR) is 86.3 cm³/mol. The van der Waals surface area contributed by atoms with Crippen LogP contribution in [0.2, 0.25) is 0 Å². The molecule has 1 amide bonds. The molecule has 3 aromatic heterocycles. The molecule has 0 aliphatic rings. The van der Waals surface area contributed by atoms with E-state index in [1.807, 2.05) is 54.9 Å². The minimum Gasteiger partial charge on any atom is -0.366 e. The number of carbonyl (C=O) groups is 1. The highest BCUT2D eigenvalue weighted by Gasteiger charge is 2.16. The van der Waals surface area contributed by atoms with Crippen molar-refractivity contribution >= 4 is 11.4 Å². The fourth-order valence-electron chi connectivity index (χ4n) is 2.67. The molecule has 0 aliphatic heterocycles. The molecule has 6 nitrogen and oxygen atoms in total. The average molecular weight is 303 g/mol. The third kappa shape index (κ3) is 2.17. The van der Waals surface area contributed by atoms with E-state index in [9.17, 15) is 4.79 Å². The van der Waals surface area contributed by atoms with Crippen molar-refractivity contribution in [2.45, 2.75) is 0 Å². The smallest absolute Gasteiger partial charge is 0.250 e. The Morgan fingerprint density at radius 1 is 1.04 bits per heavy atom. The van der Waals surface area contributed by atoms with Crippen LogP contribution in [0, 0.1) is 0 Å². The number of hydrogen-bond donors (Lipinski definition) is 1. The summed E-state index contributed by atoms with van der Waals surface area (Å²) in [6.07, 6.45) is 6.90. The Balaban J connectivity index is 1.94. The lowest BCUT2D eigenvalue weighted by molar-refractivity contribution is 0.100. The highest BCUT2D eigenvalue weighted by molar-refractivity contribution is 6.00. The number of aromatic nitrogens is 4. The SMILES string of the molecule is NC(=O)c1cn(-c2ncnn3cccc23)cc1-c1ccccc1. The van der Waals surface area contributed by atoms with E-state index in [0.29, 0.717) is 11.4 Å². The van der Waals surface area contributed by atoms with Gasteiger partial charge in [-0.3, -0.25) is 4.79 Å². The second kappa shape index (κ2) is 5.10. The van der Waals surface area contributed by atoms with E-state index < -0.39 is 5.91 Å². The average Bonchev–Trinajstić information content (AvgIpc) is 3.22. The van der Waals surface area contributed by atoms with Crippen molar-refractivity contribution in [2.24, 2.45) is 5.73 Å². The Labute approximate surface area is 131 Å². The standard InChI is InChI=1S/C17H13N5O/c18-16(23)14-10-21(9-13(14)12-5-2-1-3-6-12)17-15-7-4-8-22(15)20-11-19-17/h1-11H,(H2,18,23). The summed E-state index contributed by atoms with van der Waals surface area (Å²) in [5.74, 6) is 0.220. The number of benzene rings is 1. The second-order valence-corrected chi connectivity index (χ2v) is 5.14. The number of nitrogens with zero attached hydrogens (tertiary/aromatic N) is 4. The van der Waals surface area contributed by atoms with Crippen molar-refractivity contribution in [2.75, 3.05) is 0 Å². The van der Waals surface area contributed by atoms with Gasteiger partial charge in [0.2, 0.25) is 0 Å². The third-order valence-corrected chi connectivity index (χ3v) is 3.73. The van der Waals surface area contributed by atoms with E-state index in [0.717, 1.165) is 16.6 Å². The topological polar surface area (TPSA) is 78.2 Å². The van der Waals surface area contributed by atoms with Crippen molar-refractivity contribution in [3.8, 4) is 16.9 Å². The van der Waals surface area contributed by atoms with E-state index in [2.05, 4.69) is 10.1 Å². The molecule has 0 fully saturated rings. The van der Waals surface area contributed by atoms with Gasteiger partial charge in [0.15, 0.2) is 5.82 Å². The molecule has 0 aliphatic carbocycles. The molecule has 3 heterocycles. The van der Waals surface area contributed by atoms with Gasteiger partial charge in [0.1, 0.15) is 11.8 Å². The lowest BCUT2D eigenvalue weighted by atomic mass is 10.0. The van der Waals surface area contributed by atoms with Gasteiger partial charge in [-0.15, -0.1) is 0 Å². The lowest BCUT2D eigenvalue weighted by Crippen LogP contribution is -2.11. The molecule has 4 aromatic rings. The van der Waals surface area contributed by atoms with Crippen molar-refractivity contribution in [3.63, 3.8) is 0 Å². The van der Waals surface area contributed by atoms with Crippen molar-refractivity contribution in [1.29, 1.82) is 0 Å². The van der Waals surface area contributed by atoms with Gasteiger partial charge in [-0.1, -0.05) is 30.3 Å². The number of hydrogen-bond acceptors (Lipinski definition) is 3. The number of amides is 1. The van der Waals surface area contributed by atoms with E-state index in [1.54, 1.807) is 15.3 Å². The second-order valence-electron chi connectivity index (χ2n) is 5.14. The van der Waals surface area contributed by atoms with Gasteiger partial charge in [-0.05, 0) is 17.7 Å². The van der Waals surface area contributed by atoms with E-state index in [1.165, 1.54) is 6.33 Å². The number of carbonyl (C=O) groups excluding carboxylic acids is 1. The molecule has 0 atom stereocenters. The maximum atomic E-state index is 11.8. The lowest BCUT2D eigenvalue weighted by Gasteiger charge is -2.03. The molecule has 4 rings (SSSR count). The van der Waals surface area contributed by atoms with Gasteiger partial charge in [-0.2, -0.15) is 5.10 Å². The number of nitrogens with two attached hydrogens (primary N) is 1. The van der Waals surface area contributed by atoms with Crippen LogP contribution in [0.25, 0.3) is 22.5 Å². The third-order valence-electron chi connectivity index (χ3n) is 3.73. The molecule has 0 radical (unpaired) electrons. The van der Waals surface area contributed by atoms with Crippen LogP contribution >= 0.6 is 0 Å². The Bertz CT molecular complexity index is 1000. The Morgan fingerprint density at radius 2 is 1.87 bits per heavy atom. The first kappa shape index (κ1) is 13.3. The molecule has 23 heavy (non-hydrogen) atoms. The zero-order valence-electron chi connectivity index (χ0n) is 12.1. The molecule has 0 bridgehead atoms. The molecule has 0 saturated carbocycles. The number of rotatable bonds is 3. The van der Waals surface area contributed by atoms with Crippen LogP contribution in [0.5, 0.6) is 0 Å². The fourth-order valence-corrected chi connectivity index (χ4v) is 2.67. The number of primary amides is 1. The zero-order chi connectivity index (χ0) is 15.8. The maximum absolute atomic E-state index is 11.8. The van der Waals surface area contributed by atoms with Gasteiger partial charge in [0, 0.05) is 24.2 Å². The van der Waals surface area contributed by atoms with Gasteiger partial charge >= 0.3 is 0 Å². The first-order chi connectivity index (χ1) is 11.2. The quantitative estimate of drug-likeness (QED) is 0.630. The van der Waals surface area contributed by atoms with Crippen molar-refractivity contribution in [1.82, 2.24) is 19.2 Å². The fraction of sp³-hybridized carbons (Fsp3) is 0. The normalized spacial score (nSPS) is 11.0. The monoisotopic (exact) mass is 303 g/mol. The maximum Gasteiger partial charge on any atom is 0.250 e. The van der Waals surface area contributed by atoms with Crippen molar-refractivity contribution < 1.29 is 4.79 Å². The molecule has 112 valence electrons. The number of fused-ring (bicyclic) bond motifs is 1. The summed E-state index contributed by atoms with van der Waals surface area (Å²) < 4.78 is 3.54. The first-order valence-corrected chi connectivity index (χ1v) is 7.10. The molecular formula is C17H13N5O. The molecule has 6 heteroatoms. The molecule has 0 unspecified atom stereocenters. The highest BCUT2D eigenvalue weighted by atomic mass is 16.1. The van der Waals surface area contributed by atoms with Gasteiger partial charge < -0.3 is 10.3 Å². The molecule has 0 saturated heterocycles. The summed E-state index contributed by atoms with van der Waals surface area (Å²) in [6.45, 7) is 0.